The van der Waals surface area contributed by atoms with Gasteiger partial charge < -0.3 is 20.6 Å². The maximum absolute atomic E-state index is 11.9. The molecule has 106 valence electrons. The third kappa shape index (κ3) is 3.18. The van der Waals surface area contributed by atoms with Gasteiger partial charge in [0.2, 0.25) is 5.91 Å². The summed E-state index contributed by atoms with van der Waals surface area (Å²) in [6, 6.07) is 3.70. The molecule has 0 bridgehead atoms. The average molecular weight is 298 g/mol. The van der Waals surface area contributed by atoms with Crippen LogP contribution in [0, 0.1) is 0 Å². The summed E-state index contributed by atoms with van der Waals surface area (Å²) in [4.78, 5) is 35.4. The second kappa shape index (κ2) is 5.79. The number of nitrogens with one attached hydrogen (secondary N) is 2. The number of halogens is 1. The average Bonchev–Trinajstić information content (AvgIpc) is 2.40. The van der Waals surface area contributed by atoms with E-state index in [1.54, 1.807) is 0 Å². The molecule has 2 rings (SSSR count). The van der Waals surface area contributed by atoms with Gasteiger partial charge in [0.15, 0.2) is 0 Å². The summed E-state index contributed by atoms with van der Waals surface area (Å²) in [5.41, 5.74) is 0.212. The molecule has 1 aromatic rings. The van der Waals surface area contributed by atoms with Crippen molar-refractivity contribution in [1.82, 2.24) is 10.2 Å². The zero-order valence-electron chi connectivity index (χ0n) is 10.4. The van der Waals surface area contributed by atoms with E-state index < -0.39 is 12.0 Å². The highest BCUT2D eigenvalue weighted by Crippen LogP contribution is 2.20. The highest BCUT2D eigenvalue weighted by atomic mass is 35.5. The van der Waals surface area contributed by atoms with Gasteiger partial charge in [-0.1, -0.05) is 11.6 Å². The minimum absolute atomic E-state index is 0.0226. The van der Waals surface area contributed by atoms with E-state index in [-0.39, 0.29) is 23.0 Å². The van der Waals surface area contributed by atoms with Crippen LogP contribution in [0.1, 0.15) is 10.4 Å². The highest BCUT2D eigenvalue weighted by Gasteiger charge is 2.21. The number of rotatable bonds is 2. The number of hydrogen-bond acceptors (Lipinski definition) is 3. The summed E-state index contributed by atoms with van der Waals surface area (Å²) >= 11 is 5.74. The van der Waals surface area contributed by atoms with Crippen molar-refractivity contribution in [2.75, 3.05) is 25.0 Å². The topological polar surface area (TPSA) is 98.7 Å². The summed E-state index contributed by atoms with van der Waals surface area (Å²) < 4.78 is 0. The minimum Gasteiger partial charge on any atom is -0.478 e. The Hall–Kier alpha value is -2.28. The molecule has 1 aliphatic heterocycles. The third-order valence-corrected chi connectivity index (χ3v) is 3.10. The fourth-order valence-electron chi connectivity index (χ4n) is 1.78. The van der Waals surface area contributed by atoms with Crippen molar-refractivity contribution in [3.8, 4) is 0 Å². The Bertz CT molecular complexity index is 576. The van der Waals surface area contributed by atoms with Gasteiger partial charge in [-0.25, -0.2) is 9.59 Å². The Morgan fingerprint density at radius 3 is 2.80 bits per heavy atom. The summed E-state index contributed by atoms with van der Waals surface area (Å²) in [5, 5.41) is 14.2. The molecule has 0 radical (unpaired) electrons. The molecule has 0 unspecified atom stereocenters. The van der Waals surface area contributed by atoms with E-state index in [2.05, 4.69) is 10.6 Å². The third-order valence-electron chi connectivity index (χ3n) is 2.77. The summed E-state index contributed by atoms with van der Waals surface area (Å²) in [7, 11) is 0. The number of carboxylic acid groups (broad SMARTS) is 1. The molecule has 7 nitrogen and oxygen atoms in total. The van der Waals surface area contributed by atoms with Crippen molar-refractivity contribution < 1.29 is 19.5 Å². The number of carboxylic acids is 1. The molecule has 0 saturated carbocycles. The van der Waals surface area contributed by atoms with E-state index in [9.17, 15) is 14.4 Å². The van der Waals surface area contributed by atoms with Crippen molar-refractivity contribution in [1.29, 1.82) is 0 Å². The summed E-state index contributed by atoms with van der Waals surface area (Å²) in [6.45, 7) is 0.773. The SMILES string of the molecule is O=C1CN(C(=O)Nc2ccc(Cl)c(C(=O)O)c2)CCN1. The number of urea groups is 1. The van der Waals surface area contributed by atoms with Gasteiger partial charge in [-0.2, -0.15) is 0 Å². The first-order chi connectivity index (χ1) is 9.47. The van der Waals surface area contributed by atoms with Crippen molar-refractivity contribution in [3.05, 3.63) is 28.8 Å². The fourth-order valence-corrected chi connectivity index (χ4v) is 1.98. The highest BCUT2D eigenvalue weighted by molar-refractivity contribution is 6.33. The van der Waals surface area contributed by atoms with E-state index >= 15 is 0 Å². The van der Waals surface area contributed by atoms with Gasteiger partial charge in [0.25, 0.3) is 0 Å². The Morgan fingerprint density at radius 1 is 1.40 bits per heavy atom. The van der Waals surface area contributed by atoms with Crippen molar-refractivity contribution in [2.24, 2.45) is 0 Å². The number of piperazine rings is 1. The summed E-state index contributed by atoms with van der Waals surface area (Å²) in [5.74, 6) is -1.41. The predicted molar refractivity (Wildman–Crippen MR) is 72.0 cm³/mol. The van der Waals surface area contributed by atoms with E-state index in [0.717, 1.165) is 0 Å². The molecule has 0 aromatic heterocycles. The number of nitrogens with zero attached hydrogens (tertiary/aromatic N) is 1. The molecule has 1 saturated heterocycles. The maximum Gasteiger partial charge on any atom is 0.337 e. The summed E-state index contributed by atoms with van der Waals surface area (Å²) in [6.07, 6.45) is 0. The van der Waals surface area contributed by atoms with Crippen LogP contribution in [-0.2, 0) is 4.79 Å². The van der Waals surface area contributed by atoms with Crippen LogP contribution in [0.2, 0.25) is 5.02 Å². The quantitative estimate of drug-likeness (QED) is 0.758. The zero-order chi connectivity index (χ0) is 14.7. The lowest BCUT2D eigenvalue weighted by molar-refractivity contribution is -0.123. The molecule has 1 aliphatic rings. The van der Waals surface area contributed by atoms with Gasteiger partial charge in [-0.15, -0.1) is 0 Å². The Balaban J connectivity index is 2.09. The first-order valence-electron chi connectivity index (χ1n) is 5.83. The molecular weight excluding hydrogens is 286 g/mol. The molecule has 1 aromatic carbocycles. The second-order valence-electron chi connectivity index (χ2n) is 4.20. The standard InChI is InChI=1S/C12H12ClN3O4/c13-9-2-1-7(5-8(9)11(18)19)15-12(20)16-4-3-14-10(17)6-16/h1-2,5H,3-4,6H2,(H,14,17)(H,15,20)(H,18,19). The monoisotopic (exact) mass is 297 g/mol. The number of hydrogen-bond donors (Lipinski definition) is 3. The lowest BCUT2D eigenvalue weighted by Gasteiger charge is -2.26. The molecule has 0 atom stereocenters. The van der Waals surface area contributed by atoms with Crippen LogP contribution < -0.4 is 10.6 Å². The molecule has 20 heavy (non-hydrogen) atoms. The van der Waals surface area contributed by atoms with Crippen LogP contribution in [-0.4, -0.2) is 47.5 Å². The lowest BCUT2D eigenvalue weighted by atomic mass is 10.2. The normalized spacial score (nSPS) is 14.7. The predicted octanol–water partition coefficient (Wildman–Crippen LogP) is 1.00. The van der Waals surface area contributed by atoms with E-state index in [4.69, 9.17) is 16.7 Å². The first-order valence-corrected chi connectivity index (χ1v) is 6.20. The number of benzene rings is 1. The van der Waals surface area contributed by atoms with Gasteiger partial charge in [0.05, 0.1) is 10.6 Å². The number of aromatic carboxylic acids is 1. The van der Waals surface area contributed by atoms with Gasteiger partial charge in [-0.05, 0) is 18.2 Å². The molecule has 0 aliphatic carbocycles. The first kappa shape index (κ1) is 14.1. The van der Waals surface area contributed by atoms with E-state index in [1.807, 2.05) is 0 Å². The van der Waals surface area contributed by atoms with Gasteiger partial charge >= 0.3 is 12.0 Å². The van der Waals surface area contributed by atoms with Crippen molar-refractivity contribution >= 4 is 35.2 Å². The zero-order valence-corrected chi connectivity index (χ0v) is 11.1. The number of anilines is 1. The maximum atomic E-state index is 11.9. The molecule has 1 heterocycles. The van der Waals surface area contributed by atoms with Crippen LogP contribution in [0.5, 0.6) is 0 Å². The fraction of sp³-hybridized carbons (Fsp3) is 0.250. The van der Waals surface area contributed by atoms with Gasteiger partial charge in [-0.3, -0.25) is 4.79 Å². The Labute approximate surface area is 119 Å². The number of carbonyl (C=O) groups is 3. The Morgan fingerprint density at radius 2 is 2.15 bits per heavy atom. The molecule has 8 heteroatoms. The second-order valence-corrected chi connectivity index (χ2v) is 4.61. The van der Waals surface area contributed by atoms with Crippen LogP contribution in [0.4, 0.5) is 10.5 Å². The van der Waals surface area contributed by atoms with Gasteiger partial charge in [0, 0.05) is 18.8 Å². The van der Waals surface area contributed by atoms with Crippen molar-refractivity contribution in [2.45, 2.75) is 0 Å². The number of carbonyl (C=O) groups excluding carboxylic acids is 2. The molecule has 3 amide bonds. The number of amides is 3. The smallest absolute Gasteiger partial charge is 0.337 e. The molecule has 1 fully saturated rings. The van der Waals surface area contributed by atoms with Crippen LogP contribution in [0.3, 0.4) is 0 Å². The molecular formula is C12H12ClN3O4. The lowest BCUT2D eigenvalue weighted by Crippen LogP contribution is -2.51. The van der Waals surface area contributed by atoms with E-state index in [1.165, 1.54) is 23.1 Å². The van der Waals surface area contributed by atoms with Gasteiger partial charge in [0.1, 0.15) is 6.54 Å². The molecule has 0 spiro atoms. The van der Waals surface area contributed by atoms with Crippen LogP contribution in [0.15, 0.2) is 18.2 Å². The van der Waals surface area contributed by atoms with Crippen LogP contribution in [0.25, 0.3) is 0 Å². The van der Waals surface area contributed by atoms with Crippen molar-refractivity contribution in [3.63, 3.8) is 0 Å². The largest absolute Gasteiger partial charge is 0.478 e. The van der Waals surface area contributed by atoms with E-state index in [0.29, 0.717) is 18.8 Å². The molecule has 3 N–H and O–H groups in total. The minimum atomic E-state index is -1.18. The Kier molecular flexibility index (Phi) is 4.09. The van der Waals surface area contributed by atoms with Crippen LogP contribution >= 0.6 is 11.6 Å².